The Morgan fingerprint density at radius 1 is 1.24 bits per heavy atom. The van der Waals surface area contributed by atoms with Gasteiger partial charge in [0.25, 0.3) is 0 Å². The second-order valence-corrected chi connectivity index (χ2v) is 4.31. The van der Waals surface area contributed by atoms with Gasteiger partial charge in [0.15, 0.2) is 6.29 Å². The molecule has 0 aliphatic heterocycles. The molecule has 108 valence electrons. The monoisotopic (exact) mass is 288 g/mol. The lowest BCUT2D eigenvalue weighted by atomic mass is 10.0. The highest BCUT2D eigenvalue weighted by Crippen LogP contribution is 2.27. The van der Waals surface area contributed by atoms with Crippen molar-refractivity contribution in [2.75, 3.05) is 6.61 Å². The van der Waals surface area contributed by atoms with Gasteiger partial charge in [-0.3, -0.25) is 4.79 Å². The van der Waals surface area contributed by atoms with Crippen molar-refractivity contribution in [1.82, 2.24) is 0 Å². The molecule has 5 heteroatoms. The average molecular weight is 288 g/mol. The van der Waals surface area contributed by atoms with Gasteiger partial charge in [-0.25, -0.2) is 9.18 Å². The number of aromatic hydroxyl groups is 1. The minimum atomic E-state index is -0.722. The van der Waals surface area contributed by atoms with Crippen molar-refractivity contribution in [3.8, 4) is 16.9 Å². The van der Waals surface area contributed by atoms with Crippen LogP contribution in [0.5, 0.6) is 5.75 Å². The first-order valence-electron chi connectivity index (χ1n) is 6.32. The number of rotatable bonds is 4. The van der Waals surface area contributed by atoms with Gasteiger partial charge in [0.05, 0.1) is 17.7 Å². The number of carbonyl (C=O) groups is 2. The van der Waals surface area contributed by atoms with Crippen LogP contribution in [0.3, 0.4) is 0 Å². The molecule has 0 unspecified atom stereocenters. The summed E-state index contributed by atoms with van der Waals surface area (Å²) in [7, 11) is 0. The number of phenols is 1. The molecule has 0 fully saturated rings. The van der Waals surface area contributed by atoms with Gasteiger partial charge in [-0.2, -0.15) is 0 Å². The lowest BCUT2D eigenvalue weighted by Gasteiger charge is -2.07. The molecule has 0 spiro atoms. The zero-order valence-corrected chi connectivity index (χ0v) is 11.3. The largest absolute Gasteiger partial charge is 0.507 e. The maximum atomic E-state index is 13.9. The van der Waals surface area contributed by atoms with Gasteiger partial charge >= 0.3 is 5.97 Å². The van der Waals surface area contributed by atoms with Crippen LogP contribution in [0.15, 0.2) is 36.4 Å². The molecule has 0 aliphatic rings. The van der Waals surface area contributed by atoms with Crippen molar-refractivity contribution >= 4 is 12.3 Å². The third-order valence-electron chi connectivity index (χ3n) is 2.96. The van der Waals surface area contributed by atoms with Crippen LogP contribution in [-0.4, -0.2) is 24.0 Å². The Morgan fingerprint density at radius 3 is 2.48 bits per heavy atom. The van der Waals surface area contributed by atoms with E-state index in [1.807, 2.05) is 0 Å². The molecule has 0 bridgehead atoms. The summed E-state index contributed by atoms with van der Waals surface area (Å²) in [4.78, 5) is 22.1. The second-order valence-electron chi connectivity index (χ2n) is 4.31. The van der Waals surface area contributed by atoms with Crippen LogP contribution in [-0.2, 0) is 4.74 Å². The number of hydrogen-bond acceptors (Lipinski definition) is 4. The summed E-state index contributed by atoms with van der Waals surface area (Å²) in [5, 5.41) is 9.64. The molecule has 2 aromatic carbocycles. The smallest absolute Gasteiger partial charge is 0.341 e. The quantitative estimate of drug-likeness (QED) is 0.693. The number of benzene rings is 2. The van der Waals surface area contributed by atoms with Crippen molar-refractivity contribution in [2.45, 2.75) is 6.92 Å². The van der Waals surface area contributed by atoms with Gasteiger partial charge < -0.3 is 9.84 Å². The number of phenolic OH excluding ortho intramolecular Hbond substituents is 1. The Balaban J connectivity index is 2.38. The van der Waals surface area contributed by atoms with Crippen LogP contribution < -0.4 is 0 Å². The van der Waals surface area contributed by atoms with Gasteiger partial charge in [-0.1, -0.05) is 12.1 Å². The number of hydrogen-bond donors (Lipinski definition) is 1. The topological polar surface area (TPSA) is 63.6 Å². The number of carbonyl (C=O) groups excluding carboxylic acids is 2. The first-order valence-corrected chi connectivity index (χ1v) is 6.32. The third-order valence-corrected chi connectivity index (χ3v) is 2.96. The van der Waals surface area contributed by atoms with E-state index in [9.17, 15) is 19.1 Å². The Hall–Kier alpha value is -2.69. The van der Waals surface area contributed by atoms with E-state index in [1.54, 1.807) is 19.1 Å². The second kappa shape index (κ2) is 6.17. The van der Waals surface area contributed by atoms with E-state index in [0.29, 0.717) is 17.4 Å². The molecule has 0 radical (unpaired) electrons. The van der Waals surface area contributed by atoms with Crippen LogP contribution in [0.1, 0.15) is 27.6 Å². The van der Waals surface area contributed by atoms with E-state index in [0.717, 1.165) is 0 Å². The van der Waals surface area contributed by atoms with E-state index < -0.39 is 11.8 Å². The number of aldehydes is 1. The number of ether oxygens (including phenoxy) is 1. The Morgan fingerprint density at radius 2 is 1.90 bits per heavy atom. The molecule has 2 rings (SSSR count). The Labute approximate surface area is 120 Å². The van der Waals surface area contributed by atoms with Crippen molar-refractivity contribution < 1.29 is 23.8 Å². The molecule has 0 aromatic heterocycles. The van der Waals surface area contributed by atoms with Gasteiger partial charge in [-0.15, -0.1) is 0 Å². The van der Waals surface area contributed by atoms with Gasteiger partial charge in [0, 0.05) is 0 Å². The molecule has 0 heterocycles. The SMILES string of the molecule is CCOC(=O)c1ccc(-c2ccc(C=O)c(O)c2)cc1F. The standard InChI is InChI=1S/C16H13FO4/c1-2-21-16(20)13-6-5-10(7-14(13)17)11-3-4-12(9-18)15(19)8-11/h3-9,19H,2H2,1H3. The zero-order valence-electron chi connectivity index (χ0n) is 11.3. The summed E-state index contributed by atoms with van der Waals surface area (Å²) in [6, 6.07) is 8.44. The summed E-state index contributed by atoms with van der Waals surface area (Å²) in [5.41, 5.74) is 1.03. The Bertz CT molecular complexity index is 695. The highest BCUT2D eigenvalue weighted by atomic mass is 19.1. The molecule has 4 nitrogen and oxygen atoms in total. The fourth-order valence-corrected chi connectivity index (χ4v) is 1.89. The molecule has 2 aromatic rings. The normalized spacial score (nSPS) is 10.2. The van der Waals surface area contributed by atoms with Crippen LogP contribution >= 0.6 is 0 Å². The van der Waals surface area contributed by atoms with Gasteiger partial charge in [-0.05, 0) is 42.3 Å². The zero-order chi connectivity index (χ0) is 15.4. The summed E-state index contributed by atoms with van der Waals surface area (Å²) < 4.78 is 18.7. The third kappa shape index (κ3) is 3.08. The molecule has 0 saturated heterocycles. The van der Waals surface area contributed by atoms with Crippen LogP contribution in [0.4, 0.5) is 4.39 Å². The maximum Gasteiger partial charge on any atom is 0.341 e. The highest BCUT2D eigenvalue weighted by Gasteiger charge is 2.14. The molecular weight excluding hydrogens is 275 g/mol. The van der Waals surface area contributed by atoms with E-state index in [4.69, 9.17) is 4.74 Å². The molecular formula is C16H13FO4. The predicted octanol–water partition coefficient (Wildman–Crippen LogP) is 3.19. The van der Waals surface area contributed by atoms with Gasteiger partial charge in [0.1, 0.15) is 11.6 Å². The number of halogens is 1. The van der Waals surface area contributed by atoms with E-state index in [1.165, 1.54) is 24.3 Å². The highest BCUT2D eigenvalue weighted by molar-refractivity contribution is 5.90. The van der Waals surface area contributed by atoms with Crippen LogP contribution in [0.2, 0.25) is 0 Å². The molecule has 0 saturated carbocycles. The summed E-state index contributed by atoms with van der Waals surface area (Å²) in [6.45, 7) is 1.81. The average Bonchev–Trinajstić information content (AvgIpc) is 2.47. The van der Waals surface area contributed by atoms with Crippen LogP contribution in [0, 0.1) is 5.82 Å². The fraction of sp³-hybridized carbons (Fsp3) is 0.125. The van der Waals surface area contributed by atoms with Crippen molar-refractivity contribution in [3.63, 3.8) is 0 Å². The summed E-state index contributed by atoms with van der Waals surface area (Å²) in [6.07, 6.45) is 0.531. The lowest BCUT2D eigenvalue weighted by molar-refractivity contribution is 0.0521. The van der Waals surface area contributed by atoms with Crippen molar-refractivity contribution in [3.05, 3.63) is 53.3 Å². The minimum Gasteiger partial charge on any atom is -0.507 e. The van der Waals surface area contributed by atoms with Crippen molar-refractivity contribution in [2.24, 2.45) is 0 Å². The molecule has 0 amide bonds. The molecule has 21 heavy (non-hydrogen) atoms. The van der Waals surface area contributed by atoms with Crippen molar-refractivity contribution in [1.29, 1.82) is 0 Å². The van der Waals surface area contributed by atoms with Gasteiger partial charge in [0.2, 0.25) is 0 Å². The molecule has 0 aliphatic carbocycles. The molecule has 1 N–H and O–H groups in total. The minimum absolute atomic E-state index is 0.144. The van der Waals surface area contributed by atoms with E-state index in [2.05, 4.69) is 0 Å². The maximum absolute atomic E-state index is 13.9. The fourth-order valence-electron chi connectivity index (χ4n) is 1.89. The Kier molecular flexibility index (Phi) is 4.33. The summed E-state index contributed by atoms with van der Waals surface area (Å²) >= 11 is 0. The van der Waals surface area contributed by atoms with Crippen LogP contribution in [0.25, 0.3) is 11.1 Å². The summed E-state index contributed by atoms with van der Waals surface area (Å²) in [5.74, 6) is -1.61. The molecule has 0 atom stereocenters. The lowest BCUT2D eigenvalue weighted by Crippen LogP contribution is -2.07. The first-order chi connectivity index (χ1) is 10.1. The number of esters is 1. The van der Waals surface area contributed by atoms with E-state index in [-0.39, 0.29) is 23.5 Å². The van der Waals surface area contributed by atoms with E-state index >= 15 is 0 Å². The first kappa shape index (κ1) is 14.7. The predicted molar refractivity (Wildman–Crippen MR) is 74.8 cm³/mol.